The van der Waals surface area contributed by atoms with E-state index in [9.17, 15) is 4.79 Å². The standard InChI is InChI=1S/C12H23NO2/c1-9(2)11(13)12(14)15-10-7-5-3-4-6-8-10/h9-11H,3-8,13H2,1-2H3/t11-/m1/s1. The molecule has 1 aliphatic carbocycles. The molecule has 1 fully saturated rings. The van der Waals surface area contributed by atoms with Crippen LogP contribution < -0.4 is 5.73 Å². The maximum absolute atomic E-state index is 11.6. The lowest BCUT2D eigenvalue weighted by Crippen LogP contribution is -2.38. The van der Waals surface area contributed by atoms with Crippen LogP contribution in [0.25, 0.3) is 0 Å². The minimum absolute atomic E-state index is 0.116. The molecule has 1 atom stereocenters. The van der Waals surface area contributed by atoms with Crippen molar-refractivity contribution < 1.29 is 9.53 Å². The van der Waals surface area contributed by atoms with Gasteiger partial charge < -0.3 is 10.5 Å². The molecule has 0 spiro atoms. The van der Waals surface area contributed by atoms with Gasteiger partial charge in [-0.1, -0.05) is 26.7 Å². The lowest BCUT2D eigenvalue weighted by atomic mass is 10.1. The topological polar surface area (TPSA) is 52.3 Å². The lowest BCUT2D eigenvalue weighted by molar-refractivity contribution is -0.152. The number of esters is 1. The van der Waals surface area contributed by atoms with Crippen LogP contribution in [0.5, 0.6) is 0 Å². The van der Waals surface area contributed by atoms with Crippen molar-refractivity contribution in [3.63, 3.8) is 0 Å². The van der Waals surface area contributed by atoms with E-state index in [0.717, 1.165) is 12.8 Å². The van der Waals surface area contributed by atoms with E-state index in [1.807, 2.05) is 13.8 Å². The normalized spacial score (nSPS) is 21.1. The highest BCUT2D eigenvalue weighted by Crippen LogP contribution is 2.20. The van der Waals surface area contributed by atoms with Gasteiger partial charge in [-0.05, 0) is 31.6 Å². The molecule has 2 N–H and O–H groups in total. The van der Waals surface area contributed by atoms with Crippen molar-refractivity contribution >= 4 is 5.97 Å². The van der Waals surface area contributed by atoms with Crippen molar-refractivity contribution in [2.24, 2.45) is 11.7 Å². The molecule has 88 valence electrons. The molecule has 1 aliphatic rings. The maximum Gasteiger partial charge on any atom is 0.323 e. The SMILES string of the molecule is CC(C)[C@@H](N)C(=O)OC1CCCCCC1. The third-order valence-electron chi connectivity index (χ3n) is 3.08. The monoisotopic (exact) mass is 213 g/mol. The summed E-state index contributed by atoms with van der Waals surface area (Å²) in [7, 11) is 0. The van der Waals surface area contributed by atoms with E-state index in [4.69, 9.17) is 10.5 Å². The zero-order valence-electron chi connectivity index (χ0n) is 9.87. The molecular formula is C12H23NO2. The van der Waals surface area contributed by atoms with Crippen LogP contribution in [0.4, 0.5) is 0 Å². The second-order valence-corrected chi connectivity index (χ2v) is 4.82. The Labute approximate surface area is 92.4 Å². The van der Waals surface area contributed by atoms with E-state index >= 15 is 0 Å². The first-order valence-corrected chi connectivity index (χ1v) is 6.07. The van der Waals surface area contributed by atoms with Gasteiger partial charge in [0, 0.05) is 0 Å². The molecule has 3 nitrogen and oxygen atoms in total. The summed E-state index contributed by atoms with van der Waals surface area (Å²) in [5.74, 6) is -0.0693. The molecule has 0 saturated heterocycles. The Kier molecular flexibility index (Phi) is 5.09. The molecule has 0 aliphatic heterocycles. The van der Waals surface area contributed by atoms with Gasteiger partial charge in [-0.15, -0.1) is 0 Å². The molecule has 0 amide bonds. The third-order valence-corrected chi connectivity index (χ3v) is 3.08. The number of nitrogens with two attached hydrogens (primary N) is 1. The van der Waals surface area contributed by atoms with Crippen LogP contribution in [0.1, 0.15) is 52.4 Å². The quantitative estimate of drug-likeness (QED) is 0.578. The van der Waals surface area contributed by atoms with Crippen molar-refractivity contribution in [2.75, 3.05) is 0 Å². The molecule has 0 unspecified atom stereocenters. The van der Waals surface area contributed by atoms with Crippen molar-refractivity contribution in [1.29, 1.82) is 0 Å². The second kappa shape index (κ2) is 6.11. The Balaban J connectivity index is 2.35. The van der Waals surface area contributed by atoms with E-state index in [-0.39, 0.29) is 18.0 Å². The summed E-state index contributed by atoms with van der Waals surface area (Å²) < 4.78 is 5.43. The van der Waals surface area contributed by atoms with E-state index < -0.39 is 6.04 Å². The minimum Gasteiger partial charge on any atom is -0.461 e. The van der Waals surface area contributed by atoms with Crippen LogP contribution in [-0.2, 0) is 9.53 Å². The molecular weight excluding hydrogens is 190 g/mol. The van der Waals surface area contributed by atoms with Gasteiger partial charge in [0.1, 0.15) is 12.1 Å². The summed E-state index contributed by atoms with van der Waals surface area (Å²) in [5.41, 5.74) is 5.74. The van der Waals surface area contributed by atoms with Gasteiger partial charge in [-0.2, -0.15) is 0 Å². The van der Waals surface area contributed by atoms with Gasteiger partial charge >= 0.3 is 5.97 Å². The Morgan fingerprint density at radius 1 is 1.20 bits per heavy atom. The molecule has 0 aromatic heterocycles. The first-order valence-electron chi connectivity index (χ1n) is 6.07. The molecule has 0 aromatic rings. The summed E-state index contributed by atoms with van der Waals surface area (Å²) in [6, 6.07) is -0.465. The molecule has 3 heteroatoms. The lowest BCUT2D eigenvalue weighted by Gasteiger charge is -2.20. The van der Waals surface area contributed by atoms with Crippen LogP contribution in [0.3, 0.4) is 0 Å². The Hall–Kier alpha value is -0.570. The maximum atomic E-state index is 11.6. The first-order chi connectivity index (χ1) is 7.11. The number of carbonyl (C=O) groups is 1. The van der Waals surface area contributed by atoms with Gasteiger partial charge in [0.25, 0.3) is 0 Å². The van der Waals surface area contributed by atoms with E-state index in [1.54, 1.807) is 0 Å². The van der Waals surface area contributed by atoms with E-state index in [0.29, 0.717) is 0 Å². The van der Waals surface area contributed by atoms with Gasteiger partial charge in [-0.3, -0.25) is 4.79 Å². The Bertz CT molecular complexity index is 196. The van der Waals surface area contributed by atoms with Crippen molar-refractivity contribution in [2.45, 2.75) is 64.5 Å². The molecule has 1 saturated carbocycles. The first kappa shape index (κ1) is 12.5. The summed E-state index contributed by atoms with van der Waals surface area (Å²) in [6.07, 6.45) is 7.02. The van der Waals surface area contributed by atoms with Crippen LogP contribution in [0, 0.1) is 5.92 Å². The smallest absolute Gasteiger partial charge is 0.323 e. The summed E-state index contributed by atoms with van der Waals surface area (Å²) >= 11 is 0. The van der Waals surface area contributed by atoms with Crippen molar-refractivity contribution in [1.82, 2.24) is 0 Å². The highest BCUT2D eigenvalue weighted by molar-refractivity contribution is 5.75. The van der Waals surface area contributed by atoms with Crippen molar-refractivity contribution in [3.05, 3.63) is 0 Å². The average Bonchev–Trinajstić information content (AvgIpc) is 2.45. The molecule has 0 heterocycles. The van der Waals surface area contributed by atoms with Gasteiger partial charge in [0.05, 0.1) is 0 Å². The summed E-state index contributed by atoms with van der Waals surface area (Å²) in [6.45, 7) is 3.89. The van der Waals surface area contributed by atoms with Gasteiger partial charge in [0.2, 0.25) is 0 Å². The number of rotatable bonds is 3. The highest BCUT2D eigenvalue weighted by Gasteiger charge is 2.23. The number of carbonyl (C=O) groups excluding carboxylic acids is 1. The number of hydrogen-bond acceptors (Lipinski definition) is 3. The average molecular weight is 213 g/mol. The van der Waals surface area contributed by atoms with Crippen molar-refractivity contribution in [3.8, 4) is 0 Å². The van der Waals surface area contributed by atoms with Crippen LogP contribution in [0.2, 0.25) is 0 Å². The van der Waals surface area contributed by atoms with Crippen LogP contribution >= 0.6 is 0 Å². The zero-order chi connectivity index (χ0) is 11.3. The number of ether oxygens (including phenoxy) is 1. The fourth-order valence-electron chi connectivity index (χ4n) is 1.87. The van der Waals surface area contributed by atoms with E-state index in [2.05, 4.69) is 0 Å². The van der Waals surface area contributed by atoms with Gasteiger partial charge in [0.15, 0.2) is 0 Å². The summed E-state index contributed by atoms with van der Waals surface area (Å²) in [5, 5.41) is 0. The third kappa shape index (κ3) is 4.20. The molecule has 15 heavy (non-hydrogen) atoms. The largest absolute Gasteiger partial charge is 0.461 e. The molecule has 1 rings (SSSR count). The Morgan fingerprint density at radius 2 is 1.73 bits per heavy atom. The molecule has 0 bridgehead atoms. The minimum atomic E-state index is -0.465. The molecule has 0 aromatic carbocycles. The summed E-state index contributed by atoms with van der Waals surface area (Å²) in [4.78, 5) is 11.6. The fourth-order valence-corrected chi connectivity index (χ4v) is 1.87. The molecule has 0 radical (unpaired) electrons. The zero-order valence-corrected chi connectivity index (χ0v) is 9.87. The second-order valence-electron chi connectivity index (χ2n) is 4.82. The Morgan fingerprint density at radius 3 is 2.20 bits per heavy atom. The predicted octanol–water partition coefficient (Wildman–Crippen LogP) is 2.24. The van der Waals surface area contributed by atoms with E-state index in [1.165, 1.54) is 25.7 Å². The van der Waals surface area contributed by atoms with Gasteiger partial charge in [-0.25, -0.2) is 0 Å². The highest BCUT2D eigenvalue weighted by atomic mass is 16.5. The number of hydrogen-bond donors (Lipinski definition) is 1. The van der Waals surface area contributed by atoms with Crippen LogP contribution in [0.15, 0.2) is 0 Å². The van der Waals surface area contributed by atoms with Crippen LogP contribution in [-0.4, -0.2) is 18.1 Å². The predicted molar refractivity (Wildman–Crippen MR) is 60.4 cm³/mol. The fraction of sp³-hybridized carbons (Fsp3) is 0.917.